The zero-order valence-corrected chi connectivity index (χ0v) is 16.3. The molecule has 0 spiro atoms. The van der Waals surface area contributed by atoms with Gasteiger partial charge in [-0.1, -0.05) is 45.4 Å². The summed E-state index contributed by atoms with van der Waals surface area (Å²) in [5, 5.41) is 9.78. The van der Waals surface area contributed by atoms with Gasteiger partial charge < -0.3 is 19.3 Å². The molecule has 0 aromatic heterocycles. The Balaban J connectivity index is 1.98. The SMILES string of the molecule is CCCCC1(CCCCCCCCC(O)CC(=O)OCC)OCCO1. The van der Waals surface area contributed by atoms with Gasteiger partial charge >= 0.3 is 5.97 Å². The van der Waals surface area contributed by atoms with E-state index >= 15 is 0 Å². The highest BCUT2D eigenvalue weighted by Gasteiger charge is 2.34. The minimum absolute atomic E-state index is 0.119. The van der Waals surface area contributed by atoms with Gasteiger partial charge in [-0.05, 0) is 26.2 Å². The summed E-state index contributed by atoms with van der Waals surface area (Å²) in [7, 11) is 0. The number of carbonyl (C=O) groups is 1. The van der Waals surface area contributed by atoms with Gasteiger partial charge in [0.2, 0.25) is 0 Å². The molecule has 0 saturated carbocycles. The molecule has 25 heavy (non-hydrogen) atoms. The van der Waals surface area contributed by atoms with E-state index in [0.29, 0.717) is 13.0 Å². The number of unbranched alkanes of at least 4 members (excludes halogenated alkanes) is 6. The molecule has 1 heterocycles. The van der Waals surface area contributed by atoms with Crippen molar-refractivity contribution in [2.45, 2.75) is 103 Å². The van der Waals surface area contributed by atoms with Crippen LogP contribution < -0.4 is 0 Å². The first-order chi connectivity index (χ1) is 12.1. The summed E-state index contributed by atoms with van der Waals surface area (Å²) in [6, 6.07) is 0. The van der Waals surface area contributed by atoms with Crippen LogP contribution in [0.1, 0.15) is 90.9 Å². The fourth-order valence-electron chi connectivity index (χ4n) is 3.35. The van der Waals surface area contributed by atoms with Crippen LogP contribution in [0.4, 0.5) is 0 Å². The summed E-state index contributed by atoms with van der Waals surface area (Å²) in [6.07, 6.45) is 11.4. The molecule has 1 fully saturated rings. The number of aliphatic hydroxyl groups excluding tert-OH is 1. The molecule has 148 valence electrons. The van der Waals surface area contributed by atoms with E-state index in [9.17, 15) is 9.90 Å². The zero-order chi connectivity index (χ0) is 18.4. The maximum Gasteiger partial charge on any atom is 0.308 e. The van der Waals surface area contributed by atoms with Crippen LogP contribution in [0.5, 0.6) is 0 Å². The predicted molar refractivity (Wildman–Crippen MR) is 98.4 cm³/mol. The number of ether oxygens (including phenoxy) is 3. The summed E-state index contributed by atoms with van der Waals surface area (Å²) >= 11 is 0. The lowest BCUT2D eigenvalue weighted by molar-refractivity contribution is -0.168. The van der Waals surface area contributed by atoms with E-state index in [1.807, 2.05) is 0 Å². The van der Waals surface area contributed by atoms with Crippen molar-refractivity contribution in [1.82, 2.24) is 0 Å². The van der Waals surface area contributed by atoms with E-state index in [2.05, 4.69) is 6.92 Å². The second-order valence-electron chi connectivity index (χ2n) is 7.03. The average Bonchev–Trinajstić information content (AvgIpc) is 3.04. The largest absolute Gasteiger partial charge is 0.466 e. The van der Waals surface area contributed by atoms with Gasteiger partial charge in [0.1, 0.15) is 0 Å². The van der Waals surface area contributed by atoms with Crippen LogP contribution in [0.25, 0.3) is 0 Å². The van der Waals surface area contributed by atoms with Gasteiger partial charge in [-0.3, -0.25) is 4.79 Å². The molecule has 0 bridgehead atoms. The van der Waals surface area contributed by atoms with Crippen LogP contribution in [0, 0.1) is 0 Å². The number of esters is 1. The molecule has 1 rings (SSSR count). The fourth-order valence-corrected chi connectivity index (χ4v) is 3.35. The summed E-state index contributed by atoms with van der Waals surface area (Å²) < 4.78 is 16.6. The van der Waals surface area contributed by atoms with E-state index in [-0.39, 0.29) is 18.2 Å². The zero-order valence-electron chi connectivity index (χ0n) is 16.3. The minimum Gasteiger partial charge on any atom is -0.466 e. The van der Waals surface area contributed by atoms with Crippen molar-refractivity contribution in [3.63, 3.8) is 0 Å². The fraction of sp³-hybridized carbons (Fsp3) is 0.950. The number of hydrogen-bond donors (Lipinski definition) is 1. The van der Waals surface area contributed by atoms with Crippen molar-refractivity contribution < 1.29 is 24.1 Å². The molecular formula is C20H38O5. The van der Waals surface area contributed by atoms with Crippen LogP contribution in [0.15, 0.2) is 0 Å². The van der Waals surface area contributed by atoms with Gasteiger partial charge in [-0.2, -0.15) is 0 Å². The molecular weight excluding hydrogens is 320 g/mol. The summed E-state index contributed by atoms with van der Waals surface area (Å²) in [6.45, 7) is 5.82. The van der Waals surface area contributed by atoms with Crippen molar-refractivity contribution in [2.24, 2.45) is 0 Å². The third-order valence-electron chi connectivity index (χ3n) is 4.78. The van der Waals surface area contributed by atoms with E-state index in [1.54, 1.807) is 6.92 Å². The Morgan fingerprint density at radius 1 is 1.00 bits per heavy atom. The highest BCUT2D eigenvalue weighted by Crippen LogP contribution is 2.31. The van der Waals surface area contributed by atoms with Crippen LogP contribution in [0.2, 0.25) is 0 Å². The molecule has 1 saturated heterocycles. The Kier molecular flexibility index (Phi) is 12.1. The Bertz CT molecular complexity index is 339. The molecule has 0 radical (unpaired) electrons. The predicted octanol–water partition coefficient (Wildman–Crippen LogP) is 4.35. The smallest absolute Gasteiger partial charge is 0.308 e. The van der Waals surface area contributed by atoms with E-state index < -0.39 is 6.10 Å². The average molecular weight is 359 g/mol. The van der Waals surface area contributed by atoms with E-state index in [1.165, 1.54) is 25.7 Å². The highest BCUT2D eigenvalue weighted by atomic mass is 16.7. The van der Waals surface area contributed by atoms with Crippen LogP contribution in [0.3, 0.4) is 0 Å². The molecule has 1 atom stereocenters. The quantitative estimate of drug-likeness (QED) is 0.348. The van der Waals surface area contributed by atoms with Crippen LogP contribution >= 0.6 is 0 Å². The summed E-state index contributed by atoms with van der Waals surface area (Å²) in [5.74, 6) is -0.601. The molecule has 1 N–H and O–H groups in total. The molecule has 1 aliphatic rings. The van der Waals surface area contributed by atoms with Crippen molar-refractivity contribution in [1.29, 1.82) is 0 Å². The lowest BCUT2D eigenvalue weighted by Gasteiger charge is -2.27. The van der Waals surface area contributed by atoms with Gasteiger partial charge in [0.15, 0.2) is 5.79 Å². The van der Waals surface area contributed by atoms with Crippen molar-refractivity contribution in [2.75, 3.05) is 19.8 Å². The first-order valence-corrected chi connectivity index (χ1v) is 10.2. The first-order valence-electron chi connectivity index (χ1n) is 10.2. The second kappa shape index (κ2) is 13.5. The van der Waals surface area contributed by atoms with Crippen molar-refractivity contribution in [3.05, 3.63) is 0 Å². The number of rotatable bonds is 15. The normalized spacial score (nSPS) is 17.6. The Hall–Kier alpha value is -0.650. The third-order valence-corrected chi connectivity index (χ3v) is 4.78. The topological polar surface area (TPSA) is 65.0 Å². The van der Waals surface area contributed by atoms with Crippen molar-refractivity contribution >= 4 is 5.97 Å². The van der Waals surface area contributed by atoms with Crippen molar-refractivity contribution in [3.8, 4) is 0 Å². The van der Waals surface area contributed by atoms with Crippen LogP contribution in [-0.4, -0.2) is 42.8 Å². The molecule has 1 unspecified atom stereocenters. The van der Waals surface area contributed by atoms with Gasteiger partial charge in [0.25, 0.3) is 0 Å². The maximum absolute atomic E-state index is 11.3. The van der Waals surface area contributed by atoms with Gasteiger partial charge in [0, 0.05) is 12.8 Å². The second-order valence-corrected chi connectivity index (χ2v) is 7.03. The maximum atomic E-state index is 11.3. The standard InChI is InChI=1S/C20H38O5/c1-3-5-13-20(24-15-16-25-20)14-11-9-7-6-8-10-12-18(21)17-19(22)23-4-2/h18,21H,3-17H2,1-2H3. The van der Waals surface area contributed by atoms with E-state index in [0.717, 1.165) is 51.7 Å². The summed E-state index contributed by atoms with van der Waals surface area (Å²) in [4.78, 5) is 11.3. The Labute approximate surface area is 153 Å². The third kappa shape index (κ3) is 10.2. The number of carbonyl (C=O) groups excluding carboxylic acids is 1. The molecule has 0 aromatic carbocycles. The molecule has 5 nitrogen and oxygen atoms in total. The van der Waals surface area contributed by atoms with Gasteiger partial charge in [-0.15, -0.1) is 0 Å². The summed E-state index contributed by atoms with van der Waals surface area (Å²) in [5.41, 5.74) is 0. The Morgan fingerprint density at radius 3 is 2.24 bits per heavy atom. The Morgan fingerprint density at radius 2 is 1.60 bits per heavy atom. The monoisotopic (exact) mass is 358 g/mol. The first kappa shape index (κ1) is 22.4. The van der Waals surface area contributed by atoms with Crippen LogP contribution in [-0.2, 0) is 19.0 Å². The lowest BCUT2D eigenvalue weighted by atomic mass is 10.00. The molecule has 0 aliphatic carbocycles. The number of aliphatic hydroxyl groups is 1. The lowest BCUT2D eigenvalue weighted by Crippen LogP contribution is -2.29. The molecule has 5 heteroatoms. The van der Waals surface area contributed by atoms with E-state index in [4.69, 9.17) is 14.2 Å². The van der Waals surface area contributed by atoms with Gasteiger partial charge in [0.05, 0.1) is 32.3 Å². The van der Waals surface area contributed by atoms with Gasteiger partial charge in [-0.25, -0.2) is 0 Å². The minimum atomic E-state index is -0.561. The highest BCUT2D eigenvalue weighted by molar-refractivity contribution is 5.69. The molecule has 0 amide bonds. The number of hydrogen-bond acceptors (Lipinski definition) is 5. The molecule has 1 aliphatic heterocycles. The molecule has 0 aromatic rings.